The molecule has 1 unspecified atom stereocenters. The number of aromatic nitrogens is 3. The topological polar surface area (TPSA) is 52.0 Å². The molecule has 1 aromatic heterocycles. The first kappa shape index (κ1) is 16.9. The number of ether oxygens (including phenoxy) is 1. The summed E-state index contributed by atoms with van der Waals surface area (Å²) in [5.74, 6) is 0.832. The smallest absolute Gasteiger partial charge is 0.141 e. The molecule has 7 heteroatoms. The lowest BCUT2D eigenvalue weighted by Crippen LogP contribution is -2.39. The summed E-state index contributed by atoms with van der Waals surface area (Å²) < 4.78 is 7.87. The first-order valence-corrected chi connectivity index (χ1v) is 8.94. The largest absolute Gasteiger partial charge is 0.486 e. The standard InChI is InChI=1S/C19H16Cl2N4O/c1-12(17-11-25(24-23-17)14-8-6-13(20)7-9-14)26-18-10-22-19(21)16-5-3-2-4-15(16)18/h2-9,11-12,22H,10H2,1H3. The van der Waals surface area contributed by atoms with E-state index >= 15 is 0 Å². The van der Waals surface area contributed by atoms with Crippen LogP contribution in [-0.2, 0) is 4.74 Å². The number of rotatable bonds is 4. The Morgan fingerprint density at radius 2 is 1.81 bits per heavy atom. The van der Waals surface area contributed by atoms with Crippen LogP contribution in [0.25, 0.3) is 16.6 Å². The maximum absolute atomic E-state index is 6.25. The van der Waals surface area contributed by atoms with Crippen LogP contribution < -0.4 is 15.8 Å². The van der Waals surface area contributed by atoms with Gasteiger partial charge in [0.15, 0.2) is 0 Å². The minimum Gasteiger partial charge on any atom is -0.486 e. The maximum Gasteiger partial charge on any atom is 0.141 e. The van der Waals surface area contributed by atoms with Crippen LogP contribution >= 0.6 is 23.2 Å². The lowest BCUT2D eigenvalue weighted by atomic mass is 10.2. The summed E-state index contributed by atoms with van der Waals surface area (Å²) in [4.78, 5) is 0. The van der Waals surface area contributed by atoms with E-state index in [2.05, 4.69) is 15.6 Å². The molecule has 26 heavy (non-hydrogen) atoms. The highest BCUT2D eigenvalue weighted by molar-refractivity contribution is 6.44. The number of hydrogen-bond acceptors (Lipinski definition) is 4. The molecule has 0 aliphatic carbocycles. The van der Waals surface area contributed by atoms with Gasteiger partial charge in [-0.1, -0.05) is 52.7 Å². The van der Waals surface area contributed by atoms with Gasteiger partial charge >= 0.3 is 0 Å². The third-order valence-electron chi connectivity index (χ3n) is 4.21. The number of fused-ring (bicyclic) bond motifs is 1. The monoisotopic (exact) mass is 386 g/mol. The fraction of sp³-hybridized carbons (Fsp3) is 0.158. The SMILES string of the molecule is CC(OC1=c2ccccc2=C(Cl)NC1)c1cn(-c2ccc(Cl)cc2)nn1. The Morgan fingerprint density at radius 3 is 2.58 bits per heavy atom. The molecule has 0 spiro atoms. The third kappa shape index (κ3) is 3.28. The maximum atomic E-state index is 6.25. The van der Waals surface area contributed by atoms with E-state index in [4.69, 9.17) is 27.9 Å². The summed E-state index contributed by atoms with van der Waals surface area (Å²) in [5, 5.41) is 14.8. The molecule has 132 valence electrons. The molecule has 2 heterocycles. The Kier molecular flexibility index (Phi) is 4.57. The van der Waals surface area contributed by atoms with Crippen molar-refractivity contribution in [2.45, 2.75) is 13.0 Å². The van der Waals surface area contributed by atoms with Gasteiger partial charge in [-0.25, -0.2) is 4.68 Å². The molecule has 0 saturated carbocycles. The lowest BCUT2D eigenvalue weighted by molar-refractivity contribution is 0.174. The van der Waals surface area contributed by atoms with Gasteiger partial charge in [0.25, 0.3) is 0 Å². The molecule has 4 rings (SSSR count). The molecule has 0 saturated heterocycles. The normalized spacial score (nSPS) is 14.6. The fourth-order valence-electron chi connectivity index (χ4n) is 2.83. The third-order valence-corrected chi connectivity index (χ3v) is 4.80. The second-order valence-electron chi connectivity index (χ2n) is 5.96. The average molecular weight is 387 g/mol. The Labute approximate surface area is 160 Å². The van der Waals surface area contributed by atoms with Gasteiger partial charge in [0, 0.05) is 15.5 Å². The van der Waals surface area contributed by atoms with Crippen LogP contribution in [0.4, 0.5) is 0 Å². The van der Waals surface area contributed by atoms with E-state index in [0.29, 0.717) is 16.7 Å². The number of hydrogen-bond donors (Lipinski definition) is 1. The van der Waals surface area contributed by atoms with Crippen molar-refractivity contribution in [3.05, 3.63) is 75.9 Å². The van der Waals surface area contributed by atoms with Crippen molar-refractivity contribution >= 4 is 34.1 Å². The van der Waals surface area contributed by atoms with Crippen LogP contribution in [0, 0.1) is 0 Å². The van der Waals surface area contributed by atoms with E-state index in [1.165, 1.54) is 0 Å². The van der Waals surface area contributed by atoms with Crippen LogP contribution in [0.1, 0.15) is 18.7 Å². The predicted octanol–water partition coefficient (Wildman–Crippen LogP) is 2.71. The van der Waals surface area contributed by atoms with Crippen molar-refractivity contribution in [2.24, 2.45) is 0 Å². The summed E-state index contributed by atoms with van der Waals surface area (Å²) >= 11 is 12.2. The molecule has 1 N–H and O–H groups in total. The quantitative estimate of drug-likeness (QED) is 0.700. The molecular weight excluding hydrogens is 371 g/mol. The highest BCUT2D eigenvalue weighted by Gasteiger charge is 2.17. The van der Waals surface area contributed by atoms with Crippen LogP contribution in [0.2, 0.25) is 5.02 Å². The summed E-state index contributed by atoms with van der Waals surface area (Å²) in [5.41, 5.74) is 1.63. The molecular formula is C19H16Cl2N4O. The van der Waals surface area contributed by atoms with Crippen LogP contribution in [0.5, 0.6) is 0 Å². The van der Waals surface area contributed by atoms with Gasteiger partial charge in [-0.15, -0.1) is 5.10 Å². The van der Waals surface area contributed by atoms with Crippen LogP contribution in [0.3, 0.4) is 0 Å². The van der Waals surface area contributed by atoms with Gasteiger partial charge in [0.1, 0.15) is 22.7 Å². The van der Waals surface area contributed by atoms with E-state index in [0.717, 1.165) is 27.6 Å². The first-order chi connectivity index (χ1) is 12.6. The van der Waals surface area contributed by atoms with E-state index in [1.807, 2.05) is 61.7 Å². The Hall–Kier alpha value is -2.50. The zero-order chi connectivity index (χ0) is 18.1. The van der Waals surface area contributed by atoms with Crippen molar-refractivity contribution in [1.82, 2.24) is 20.3 Å². The van der Waals surface area contributed by atoms with Crippen molar-refractivity contribution in [1.29, 1.82) is 0 Å². The number of halogens is 2. The molecule has 2 aromatic carbocycles. The average Bonchev–Trinajstić information content (AvgIpc) is 3.15. The highest BCUT2D eigenvalue weighted by atomic mass is 35.5. The number of nitrogens with one attached hydrogen (secondary N) is 1. The Bertz CT molecular complexity index is 1060. The van der Waals surface area contributed by atoms with Gasteiger partial charge < -0.3 is 10.1 Å². The summed E-state index contributed by atoms with van der Waals surface area (Å²) in [6.45, 7) is 2.48. The zero-order valence-corrected chi connectivity index (χ0v) is 15.5. The molecule has 5 nitrogen and oxygen atoms in total. The molecule has 0 fully saturated rings. The fourth-order valence-corrected chi connectivity index (χ4v) is 3.19. The highest BCUT2D eigenvalue weighted by Crippen LogP contribution is 2.20. The Morgan fingerprint density at radius 1 is 1.08 bits per heavy atom. The minimum atomic E-state index is -0.252. The number of nitrogens with zero attached hydrogens (tertiary/aromatic N) is 3. The van der Waals surface area contributed by atoms with Gasteiger partial charge in [-0.2, -0.15) is 0 Å². The summed E-state index contributed by atoms with van der Waals surface area (Å²) in [6.07, 6.45) is 1.60. The van der Waals surface area contributed by atoms with Gasteiger partial charge in [0.2, 0.25) is 0 Å². The van der Waals surface area contributed by atoms with Crippen molar-refractivity contribution in [3.63, 3.8) is 0 Å². The first-order valence-electron chi connectivity index (χ1n) is 8.18. The molecule has 0 amide bonds. The molecule has 3 aromatic rings. The van der Waals surface area contributed by atoms with Gasteiger partial charge in [-0.3, -0.25) is 0 Å². The second-order valence-corrected chi connectivity index (χ2v) is 6.78. The van der Waals surface area contributed by atoms with Crippen molar-refractivity contribution < 1.29 is 4.74 Å². The van der Waals surface area contributed by atoms with Crippen molar-refractivity contribution in [2.75, 3.05) is 6.54 Å². The lowest BCUT2D eigenvalue weighted by Gasteiger charge is -2.19. The van der Waals surface area contributed by atoms with E-state index in [9.17, 15) is 0 Å². The van der Waals surface area contributed by atoms with Crippen LogP contribution in [0.15, 0.2) is 54.7 Å². The zero-order valence-electron chi connectivity index (χ0n) is 14.0. The molecule has 1 atom stereocenters. The van der Waals surface area contributed by atoms with Crippen LogP contribution in [-0.4, -0.2) is 21.5 Å². The van der Waals surface area contributed by atoms with E-state index in [-0.39, 0.29) is 6.10 Å². The second kappa shape index (κ2) is 7.02. The van der Waals surface area contributed by atoms with Gasteiger partial charge in [0.05, 0.1) is 18.4 Å². The molecule has 0 bridgehead atoms. The minimum absolute atomic E-state index is 0.252. The Balaban J connectivity index is 1.62. The molecule has 0 radical (unpaired) electrons. The van der Waals surface area contributed by atoms with E-state index < -0.39 is 0 Å². The molecule has 1 aliphatic rings. The van der Waals surface area contributed by atoms with Crippen molar-refractivity contribution in [3.8, 4) is 5.69 Å². The predicted molar refractivity (Wildman–Crippen MR) is 102 cm³/mol. The summed E-state index contributed by atoms with van der Waals surface area (Å²) in [6, 6.07) is 15.3. The molecule has 1 aliphatic heterocycles. The van der Waals surface area contributed by atoms with Gasteiger partial charge in [-0.05, 0) is 31.2 Å². The number of benzene rings is 2. The van der Waals surface area contributed by atoms with E-state index in [1.54, 1.807) is 4.68 Å². The summed E-state index contributed by atoms with van der Waals surface area (Å²) in [7, 11) is 0.